The van der Waals surface area contributed by atoms with E-state index in [1.165, 1.54) is 12.1 Å². The van der Waals surface area contributed by atoms with Crippen LogP contribution < -0.4 is 0 Å². The van der Waals surface area contributed by atoms with Gasteiger partial charge < -0.3 is 5.11 Å². The number of hydrogen-bond donors (Lipinski definition) is 1. The first kappa shape index (κ1) is 15.7. The standard InChI is InChI=1S/C14H20O4S/c1-5-12(6-2)19(17,18)13-8-11(14(15)16)7-9(3)10(13)4/h7-8,12H,5-6H2,1-4H3,(H,15,16). The zero-order valence-corrected chi connectivity index (χ0v) is 12.5. The van der Waals surface area contributed by atoms with E-state index < -0.39 is 21.1 Å². The van der Waals surface area contributed by atoms with E-state index in [0.717, 1.165) is 0 Å². The number of benzene rings is 1. The van der Waals surface area contributed by atoms with Crippen LogP contribution in [0.15, 0.2) is 17.0 Å². The third-order valence-electron chi connectivity index (χ3n) is 3.52. The van der Waals surface area contributed by atoms with Crippen molar-refractivity contribution in [1.82, 2.24) is 0 Å². The molecule has 0 saturated carbocycles. The summed E-state index contributed by atoms with van der Waals surface area (Å²) in [6.07, 6.45) is 1.04. The smallest absolute Gasteiger partial charge is 0.335 e. The summed E-state index contributed by atoms with van der Waals surface area (Å²) in [6.45, 7) is 7.10. The predicted molar refractivity (Wildman–Crippen MR) is 74.4 cm³/mol. The summed E-state index contributed by atoms with van der Waals surface area (Å²) in [5.41, 5.74) is 1.34. The average molecular weight is 284 g/mol. The summed E-state index contributed by atoms with van der Waals surface area (Å²) >= 11 is 0. The molecular weight excluding hydrogens is 264 g/mol. The lowest BCUT2D eigenvalue weighted by atomic mass is 10.1. The number of aromatic carboxylic acids is 1. The Balaban J connectivity index is 3.54. The monoisotopic (exact) mass is 284 g/mol. The van der Waals surface area contributed by atoms with Gasteiger partial charge in [0.15, 0.2) is 9.84 Å². The van der Waals surface area contributed by atoms with Crippen molar-refractivity contribution in [2.24, 2.45) is 0 Å². The van der Waals surface area contributed by atoms with Crippen LogP contribution in [0.5, 0.6) is 0 Å². The Morgan fingerprint density at radius 3 is 2.16 bits per heavy atom. The first-order chi connectivity index (χ1) is 8.75. The Bertz CT molecular complexity index is 584. The number of sulfone groups is 1. The van der Waals surface area contributed by atoms with Crippen molar-refractivity contribution in [3.63, 3.8) is 0 Å². The van der Waals surface area contributed by atoms with Gasteiger partial charge in [0, 0.05) is 0 Å². The molecule has 1 aromatic rings. The van der Waals surface area contributed by atoms with Crippen molar-refractivity contribution in [3.05, 3.63) is 28.8 Å². The Kier molecular flexibility index (Phi) is 4.74. The number of aryl methyl sites for hydroxylation is 1. The van der Waals surface area contributed by atoms with E-state index in [-0.39, 0.29) is 10.5 Å². The molecule has 0 unspecified atom stereocenters. The molecule has 0 fully saturated rings. The summed E-state index contributed by atoms with van der Waals surface area (Å²) in [6, 6.07) is 2.78. The fourth-order valence-corrected chi connectivity index (χ4v) is 4.27. The zero-order valence-electron chi connectivity index (χ0n) is 11.7. The summed E-state index contributed by atoms with van der Waals surface area (Å²) in [4.78, 5) is 11.2. The van der Waals surface area contributed by atoms with Crippen molar-refractivity contribution >= 4 is 15.8 Å². The lowest BCUT2D eigenvalue weighted by molar-refractivity contribution is 0.0696. The molecule has 0 amide bonds. The van der Waals surface area contributed by atoms with Gasteiger partial charge in [0.2, 0.25) is 0 Å². The molecule has 19 heavy (non-hydrogen) atoms. The van der Waals surface area contributed by atoms with Crippen LogP contribution >= 0.6 is 0 Å². The highest BCUT2D eigenvalue weighted by atomic mass is 32.2. The molecule has 0 radical (unpaired) electrons. The van der Waals surface area contributed by atoms with Crippen LogP contribution in [0.4, 0.5) is 0 Å². The molecule has 0 aliphatic carbocycles. The fraction of sp³-hybridized carbons (Fsp3) is 0.500. The first-order valence-electron chi connectivity index (χ1n) is 6.34. The van der Waals surface area contributed by atoms with Crippen molar-refractivity contribution in [1.29, 1.82) is 0 Å². The van der Waals surface area contributed by atoms with Gasteiger partial charge in [0.25, 0.3) is 0 Å². The summed E-state index contributed by atoms with van der Waals surface area (Å²) in [7, 11) is -3.47. The Hall–Kier alpha value is -1.36. The van der Waals surface area contributed by atoms with Crippen LogP contribution in [0.2, 0.25) is 0 Å². The minimum atomic E-state index is -3.47. The van der Waals surface area contributed by atoms with Crippen molar-refractivity contribution in [3.8, 4) is 0 Å². The Morgan fingerprint density at radius 2 is 1.74 bits per heavy atom. The van der Waals surface area contributed by atoms with Gasteiger partial charge in [0.1, 0.15) is 0 Å². The van der Waals surface area contributed by atoms with Crippen LogP contribution in [-0.2, 0) is 9.84 Å². The maximum atomic E-state index is 12.5. The molecular formula is C14H20O4S. The van der Waals surface area contributed by atoms with Crippen LogP contribution in [0.1, 0.15) is 48.2 Å². The predicted octanol–water partition coefficient (Wildman–Crippen LogP) is 2.96. The molecule has 1 N–H and O–H groups in total. The Morgan fingerprint density at radius 1 is 1.21 bits per heavy atom. The molecule has 0 aliphatic rings. The van der Waals surface area contributed by atoms with Crippen LogP contribution in [0.25, 0.3) is 0 Å². The lowest BCUT2D eigenvalue weighted by Crippen LogP contribution is -2.21. The first-order valence-corrected chi connectivity index (χ1v) is 7.88. The maximum absolute atomic E-state index is 12.5. The number of carbonyl (C=O) groups is 1. The van der Waals surface area contributed by atoms with E-state index >= 15 is 0 Å². The van der Waals surface area contributed by atoms with Gasteiger partial charge in [0.05, 0.1) is 15.7 Å². The number of carboxylic acids is 1. The van der Waals surface area contributed by atoms with Crippen LogP contribution in [0, 0.1) is 13.8 Å². The SMILES string of the molecule is CCC(CC)S(=O)(=O)c1cc(C(=O)O)cc(C)c1C. The van der Waals surface area contributed by atoms with Crippen LogP contribution in [-0.4, -0.2) is 24.7 Å². The second-order valence-corrected chi connectivity index (χ2v) is 6.90. The average Bonchev–Trinajstić information content (AvgIpc) is 2.33. The van der Waals surface area contributed by atoms with Gasteiger partial charge in [-0.3, -0.25) is 0 Å². The van der Waals surface area contributed by atoms with Gasteiger partial charge in [-0.25, -0.2) is 13.2 Å². The van der Waals surface area contributed by atoms with E-state index in [2.05, 4.69) is 0 Å². The quantitative estimate of drug-likeness (QED) is 0.902. The molecule has 0 spiro atoms. The largest absolute Gasteiger partial charge is 0.478 e. The lowest BCUT2D eigenvalue weighted by Gasteiger charge is -2.17. The summed E-state index contributed by atoms with van der Waals surface area (Å²) in [5.74, 6) is -1.11. The van der Waals surface area contributed by atoms with Gasteiger partial charge in [-0.1, -0.05) is 13.8 Å². The van der Waals surface area contributed by atoms with E-state index in [1.54, 1.807) is 13.8 Å². The molecule has 106 valence electrons. The molecule has 0 heterocycles. The van der Waals surface area contributed by atoms with Crippen molar-refractivity contribution in [2.45, 2.75) is 50.7 Å². The number of carboxylic acid groups (broad SMARTS) is 1. The Labute approximate surface area is 114 Å². The topological polar surface area (TPSA) is 71.4 Å². The maximum Gasteiger partial charge on any atom is 0.335 e. The molecule has 4 nitrogen and oxygen atoms in total. The second kappa shape index (κ2) is 5.74. The zero-order chi connectivity index (χ0) is 14.8. The third-order valence-corrected chi connectivity index (χ3v) is 6.10. The van der Waals surface area contributed by atoms with Crippen LogP contribution in [0.3, 0.4) is 0 Å². The minimum absolute atomic E-state index is 0.0210. The number of rotatable bonds is 5. The van der Waals surface area contributed by atoms with Gasteiger partial charge >= 0.3 is 5.97 Å². The highest BCUT2D eigenvalue weighted by molar-refractivity contribution is 7.92. The van der Waals surface area contributed by atoms with E-state index in [1.807, 2.05) is 13.8 Å². The molecule has 0 aromatic heterocycles. The van der Waals surface area contributed by atoms with Gasteiger partial charge in [-0.15, -0.1) is 0 Å². The number of hydrogen-bond acceptors (Lipinski definition) is 3. The van der Waals surface area contributed by atoms with Gasteiger partial charge in [-0.05, 0) is 49.9 Å². The van der Waals surface area contributed by atoms with Crippen molar-refractivity contribution in [2.75, 3.05) is 0 Å². The molecule has 0 saturated heterocycles. The normalized spacial score (nSPS) is 11.8. The fourth-order valence-electron chi connectivity index (χ4n) is 2.15. The van der Waals surface area contributed by atoms with E-state index in [4.69, 9.17) is 5.11 Å². The van der Waals surface area contributed by atoms with Crippen molar-refractivity contribution < 1.29 is 18.3 Å². The van der Waals surface area contributed by atoms with E-state index in [9.17, 15) is 13.2 Å². The highest BCUT2D eigenvalue weighted by Gasteiger charge is 2.27. The molecule has 1 rings (SSSR count). The molecule has 5 heteroatoms. The second-order valence-electron chi connectivity index (χ2n) is 4.70. The molecule has 1 aromatic carbocycles. The molecule has 0 aliphatic heterocycles. The molecule has 0 atom stereocenters. The summed E-state index contributed by atoms with van der Waals surface area (Å²) in [5, 5.41) is 8.59. The highest BCUT2D eigenvalue weighted by Crippen LogP contribution is 2.27. The third kappa shape index (κ3) is 2.97. The van der Waals surface area contributed by atoms with E-state index in [0.29, 0.717) is 24.0 Å². The van der Waals surface area contributed by atoms with Gasteiger partial charge in [-0.2, -0.15) is 0 Å². The minimum Gasteiger partial charge on any atom is -0.478 e. The molecule has 0 bridgehead atoms. The summed E-state index contributed by atoms with van der Waals surface area (Å²) < 4.78 is 25.1.